The van der Waals surface area contributed by atoms with E-state index < -0.39 is 6.04 Å². The number of nitrogens with one attached hydrogen (secondary N) is 1. The summed E-state index contributed by atoms with van der Waals surface area (Å²) >= 11 is 1.64. The predicted octanol–water partition coefficient (Wildman–Crippen LogP) is 5.15. The number of carbonyl (C=O) groups is 1. The molecule has 0 unspecified atom stereocenters. The Morgan fingerprint density at radius 3 is 2.73 bits per heavy atom. The van der Waals surface area contributed by atoms with Gasteiger partial charge in [-0.2, -0.15) is 0 Å². The second-order valence-corrected chi connectivity index (χ2v) is 9.75. The maximum Gasteiger partial charge on any atom is 0.252 e. The average Bonchev–Trinajstić information content (AvgIpc) is 3.57. The third kappa shape index (κ3) is 3.74. The van der Waals surface area contributed by atoms with E-state index in [1.165, 1.54) is 21.9 Å². The molecule has 0 saturated heterocycles. The number of hydrogen-bond donors (Lipinski definition) is 1. The molecular formula is C27H23N3O2S. The number of rotatable bonds is 5. The molecule has 0 bridgehead atoms. The van der Waals surface area contributed by atoms with Crippen molar-refractivity contribution in [2.75, 3.05) is 11.1 Å². The van der Waals surface area contributed by atoms with Crippen molar-refractivity contribution >= 4 is 34.1 Å². The van der Waals surface area contributed by atoms with Crippen LogP contribution < -0.4 is 10.9 Å². The molecule has 6 heteroatoms. The van der Waals surface area contributed by atoms with Crippen LogP contribution in [0.1, 0.15) is 41.5 Å². The molecule has 1 N–H and O–H groups in total. The molecule has 0 spiro atoms. The molecule has 164 valence electrons. The molecule has 1 atom stereocenters. The zero-order valence-electron chi connectivity index (χ0n) is 18.0. The normalized spacial score (nSPS) is 17.2. The molecule has 1 fully saturated rings. The van der Waals surface area contributed by atoms with E-state index in [9.17, 15) is 9.59 Å². The van der Waals surface area contributed by atoms with Crippen LogP contribution in [0.4, 0.5) is 5.69 Å². The fourth-order valence-electron chi connectivity index (χ4n) is 4.80. The lowest BCUT2D eigenvalue weighted by atomic mass is 9.95. The van der Waals surface area contributed by atoms with Crippen molar-refractivity contribution in [3.05, 3.63) is 100 Å². The van der Waals surface area contributed by atoms with Crippen LogP contribution in [-0.4, -0.2) is 21.2 Å². The van der Waals surface area contributed by atoms with E-state index in [2.05, 4.69) is 52.8 Å². The number of nitrogens with zero attached hydrogens (tertiary/aromatic N) is 2. The third-order valence-corrected chi connectivity index (χ3v) is 7.67. The summed E-state index contributed by atoms with van der Waals surface area (Å²) in [6, 6.07) is 19.6. The summed E-state index contributed by atoms with van der Waals surface area (Å²) in [7, 11) is 0. The average molecular weight is 454 g/mol. The molecule has 1 amide bonds. The Balaban J connectivity index is 1.39. The second kappa shape index (κ2) is 8.19. The van der Waals surface area contributed by atoms with Crippen LogP contribution in [-0.2, 0) is 11.2 Å². The molecule has 1 aliphatic heterocycles. The summed E-state index contributed by atoms with van der Waals surface area (Å²) in [5.41, 5.74) is 4.15. The maximum atomic E-state index is 13.3. The van der Waals surface area contributed by atoms with Gasteiger partial charge in [0.25, 0.3) is 5.56 Å². The molecule has 1 saturated carbocycles. The van der Waals surface area contributed by atoms with E-state index in [-0.39, 0.29) is 11.5 Å². The van der Waals surface area contributed by atoms with Gasteiger partial charge < -0.3 is 5.32 Å². The van der Waals surface area contributed by atoms with Crippen molar-refractivity contribution in [3.63, 3.8) is 0 Å². The number of fused-ring (bicyclic) bond motifs is 2. The first kappa shape index (κ1) is 20.2. The highest BCUT2D eigenvalue weighted by molar-refractivity contribution is 7.99. The minimum atomic E-state index is -0.512. The van der Waals surface area contributed by atoms with Gasteiger partial charge in [0.2, 0.25) is 5.91 Å². The van der Waals surface area contributed by atoms with E-state index >= 15 is 0 Å². The topological polar surface area (TPSA) is 64.0 Å². The quantitative estimate of drug-likeness (QED) is 0.454. The van der Waals surface area contributed by atoms with Gasteiger partial charge in [0.15, 0.2) is 0 Å². The van der Waals surface area contributed by atoms with Crippen LogP contribution in [0.15, 0.2) is 82.9 Å². The molecule has 2 aromatic heterocycles. The smallest absolute Gasteiger partial charge is 0.252 e. The summed E-state index contributed by atoms with van der Waals surface area (Å²) in [6.45, 7) is 0. The SMILES string of the molecule is O=C(Nc1cccnc1)[C@@H]1CSc2c(C3CC3)c(Cc3cccc4ccccc34)cc(=O)n21. The Bertz CT molecular complexity index is 1420. The Hall–Kier alpha value is -3.38. The molecule has 0 radical (unpaired) electrons. The fourth-order valence-corrected chi connectivity index (χ4v) is 6.23. The maximum absolute atomic E-state index is 13.3. The van der Waals surface area contributed by atoms with Gasteiger partial charge in [-0.15, -0.1) is 11.8 Å². The second-order valence-electron chi connectivity index (χ2n) is 8.74. The Kier molecular flexibility index (Phi) is 5.03. The van der Waals surface area contributed by atoms with Gasteiger partial charge in [-0.3, -0.25) is 19.1 Å². The van der Waals surface area contributed by atoms with Crippen LogP contribution in [0.3, 0.4) is 0 Å². The van der Waals surface area contributed by atoms with Crippen molar-refractivity contribution in [2.24, 2.45) is 0 Å². The molecule has 3 heterocycles. The van der Waals surface area contributed by atoms with E-state index in [1.54, 1.807) is 46.9 Å². The van der Waals surface area contributed by atoms with Gasteiger partial charge in [-0.25, -0.2) is 0 Å². The summed E-state index contributed by atoms with van der Waals surface area (Å²) in [5.74, 6) is 0.878. The fraction of sp³-hybridized carbons (Fsp3) is 0.222. The highest BCUT2D eigenvalue weighted by atomic mass is 32.2. The number of amides is 1. The summed E-state index contributed by atoms with van der Waals surface area (Å²) in [5, 5.41) is 6.33. The molecular weight excluding hydrogens is 430 g/mol. The van der Waals surface area contributed by atoms with Crippen LogP contribution in [0.2, 0.25) is 0 Å². The molecule has 5 nitrogen and oxygen atoms in total. The number of thioether (sulfide) groups is 1. The van der Waals surface area contributed by atoms with Gasteiger partial charge in [0.05, 0.1) is 16.9 Å². The monoisotopic (exact) mass is 453 g/mol. The highest BCUT2D eigenvalue weighted by Gasteiger charge is 2.37. The number of aromatic nitrogens is 2. The molecule has 1 aliphatic carbocycles. The first-order valence-electron chi connectivity index (χ1n) is 11.3. The van der Waals surface area contributed by atoms with Gasteiger partial charge in [-0.1, -0.05) is 42.5 Å². The molecule has 6 rings (SSSR count). The Labute approximate surface area is 195 Å². The Morgan fingerprint density at radius 2 is 1.91 bits per heavy atom. The van der Waals surface area contributed by atoms with E-state index in [1.807, 2.05) is 0 Å². The summed E-state index contributed by atoms with van der Waals surface area (Å²) < 4.78 is 1.72. The largest absolute Gasteiger partial charge is 0.323 e. The lowest BCUT2D eigenvalue weighted by molar-refractivity contribution is -0.118. The number of benzene rings is 2. The lowest BCUT2D eigenvalue weighted by Crippen LogP contribution is -2.33. The summed E-state index contributed by atoms with van der Waals surface area (Å²) in [6.07, 6.45) is 6.29. The molecule has 2 aromatic carbocycles. The lowest BCUT2D eigenvalue weighted by Gasteiger charge is -2.18. The van der Waals surface area contributed by atoms with Crippen molar-refractivity contribution in [1.82, 2.24) is 9.55 Å². The minimum Gasteiger partial charge on any atom is -0.323 e. The molecule has 4 aromatic rings. The predicted molar refractivity (Wildman–Crippen MR) is 132 cm³/mol. The van der Waals surface area contributed by atoms with E-state index in [0.717, 1.165) is 29.9 Å². The van der Waals surface area contributed by atoms with Gasteiger partial charge >= 0.3 is 0 Å². The van der Waals surface area contributed by atoms with Crippen molar-refractivity contribution in [3.8, 4) is 0 Å². The first-order chi connectivity index (χ1) is 16.2. The minimum absolute atomic E-state index is 0.0963. The number of anilines is 1. The van der Waals surface area contributed by atoms with Gasteiger partial charge in [0.1, 0.15) is 6.04 Å². The molecule has 2 aliphatic rings. The number of carbonyl (C=O) groups excluding carboxylic acids is 1. The highest BCUT2D eigenvalue weighted by Crippen LogP contribution is 2.48. The van der Waals surface area contributed by atoms with Crippen molar-refractivity contribution < 1.29 is 4.79 Å². The summed E-state index contributed by atoms with van der Waals surface area (Å²) in [4.78, 5) is 30.4. The Morgan fingerprint density at radius 1 is 1.06 bits per heavy atom. The third-order valence-electron chi connectivity index (χ3n) is 6.50. The van der Waals surface area contributed by atoms with Gasteiger partial charge in [-0.05, 0) is 64.8 Å². The standard InChI is InChI=1S/C27H23N3O2S/c31-24-14-20(13-19-7-3-6-17-5-1-2-9-22(17)19)25(18-10-11-18)27-30(24)23(16-33-27)26(32)29-21-8-4-12-28-15-21/h1-9,12,14-15,18,23H,10-11,13,16H2,(H,29,32)/t23-/m0/s1. The zero-order chi connectivity index (χ0) is 22.4. The van der Waals surface area contributed by atoms with Crippen LogP contribution in [0.25, 0.3) is 10.8 Å². The van der Waals surface area contributed by atoms with Crippen molar-refractivity contribution in [1.29, 1.82) is 0 Å². The number of pyridine rings is 2. The van der Waals surface area contributed by atoms with Crippen molar-refractivity contribution in [2.45, 2.75) is 36.2 Å². The number of hydrogen-bond acceptors (Lipinski definition) is 4. The van der Waals surface area contributed by atoms with E-state index in [4.69, 9.17) is 0 Å². The van der Waals surface area contributed by atoms with Crippen LogP contribution >= 0.6 is 11.8 Å². The molecule has 33 heavy (non-hydrogen) atoms. The van der Waals surface area contributed by atoms with Crippen LogP contribution in [0, 0.1) is 0 Å². The first-order valence-corrected chi connectivity index (χ1v) is 12.3. The van der Waals surface area contributed by atoms with Gasteiger partial charge in [0, 0.05) is 18.0 Å². The van der Waals surface area contributed by atoms with E-state index in [0.29, 0.717) is 17.4 Å². The van der Waals surface area contributed by atoms with Crippen LogP contribution in [0.5, 0.6) is 0 Å². The zero-order valence-corrected chi connectivity index (χ0v) is 18.8.